The Kier molecular flexibility index (Phi) is 3.97. The van der Waals surface area contributed by atoms with Gasteiger partial charge in [0.15, 0.2) is 0 Å². The molecule has 116 valence electrons. The highest BCUT2D eigenvalue weighted by Gasteiger charge is 2.34. The lowest BCUT2D eigenvalue weighted by molar-refractivity contribution is 0.125. The van der Waals surface area contributed by atoms with Gasteiger partial charge in [-0.05, 0) is 47.4 Å². The van der Waals surface area contributed by atoms with Crippen LogP contribution in [-0.4, -0.2) is 5.11 Å². The monoisotopic (exact) mass is 310 g/mol. The lowest BCUT2D eigenvalue weighted by Gasteiger charge is -2.30. The van der Waals surface area contributed by atoms with Crippen LogP contribution in [0.25, 0.3) is 0 Å². The number of halogens is 2. The van der Waals surface area contributed by atoms with Crippen molar-refractivity contribution in [3.05, 3.63) is 107 Å². The summed E-state index contributed by atoms with van der Waals surface area (Å²) < 4.78 is 27.7. The third-order valence-corrected chi connectivity index (χ3v) is 4.02. The van der Waals surface area contributed by atoms with Crippen molar-refractivity contribution >= 4 is 0 Å². The molecule has 0 aliphatic rings. The summed E-state index contributed by atoms with van der Waals surface area (Å²) in [6.45, 7) is 1.66. The van der Waals surface area contributed by atoms with Crippen LogP contribution in [0.3, 0.4) is 0 Å². The van der Waals surface area contributed by atoms with Crippen molar-refractivity contribution in [3.63, 3.8) is 0 Å². The molecule has 0 fully saturated rings. The second kappa shape index (κ2) is 5.94. The van der Waals surface area contributed by atoms with E-state index in [-0.39, 0.29) is 0 Å². The zero-order chi connectivity index (χ0) is 16.4. The predicted octanol–water partition coefficient (Wildman–Crippen LogP) is 4.56. The van der Waals surface area contributed by atoms with E-state index in [0.717, 1.165) is 0 Å². The minimum atomic E-state index is -1.63. The molecule has 0 bridgehead atoms. The highest BCUT2D eigenvalue weighted by molar-refractivity contribution is 5.47. The first-order valence-electron chi connectivity index (χ1n) is 7.32. The van der Waals surface area contributed by atoms with Gasteiger partial charge in [-0.25, -0.2) is 8.78 Å². The van der Waals surface area contributed by atoms with Gasteiger partial charge < -0.3 is 5.11 Å². The first kappa shape index (κ1) is 15.4. The molecule has 0 aliphatic carbocycles. The van der Waals surface area contributed by atoms with Crippen LogP contribution in [0.5, 0.6) is 0 Å². The van der Waals surface area contributed by atoms with Crippen LogP contribution >= 0.6 is 0 Å². The summed E-state index contributed by atoms with van der Waals surface area (Å²) in [6.07, 6.45) is 0. The van der Waals surface area contributed by atoms with Crippen molar-refractivity contribution in [1.29, 1.82) is 0 Å². The van der Waals surface area contributed by atoms with Gasteiger partial charge in [0.2, 0.25) is 0 Å². The second-order valence-electron chi connectivity index (χ2n) is 5.55. The van der Waals surface area contributed by atoms with Gasteiger partial charge in [-0.15, -0.1) is 0 Å². The second-order valence-corrected chi connectivity index (χ2v) is 5.55. The molecule has 1 nitrogen and oxygen atoms in total. The minimum Gasteiger partial charge on any atom is -0.376 e. The van der Waals surface area contributed by atoms with Crippen LogP contribution in [0, 0.1) is 18.6 Å². The number of aliphatic hydroxyl groups is 1. The highest BCUT2D eigenvalue weighted by atomic mass is 19.1. The maximum atomic E-state index is 14.0. The Balaban J connectivity index is 2.28. The topological polar surface area (TPSA) is 20.2 Å². The van der Waals surface area contributed by atoms with Crippen molar-refractivity contribution < 1.29 is 13.9 Å². The normalized spacial score (nSPS) is 13.6. The third-order valence-electron chi connectivity index (χ3n) is 4.02. The molecule has 1 unspecified atom stereocenters. The van der Waals surface area contributed by atoms with E-state index in [2.05, 4.69) is 0 Å². The Morgan fingerprint density at radius 2 is 1.39 bits per heavy atom. The summed E-state index contributed by atoms with van der Waals surface area (Å²) in [5.41, 5.74) is 0.124. The molecule has 0 aromatic heterocycles. The van der Waals surface area contributed by atoms with Crippen molar-refractivity contribution in [3.8, 4) is 0 Å². The number of hydrogen-bond donors (Lipinski definition) is 1. The first-order chi connectivity index (χ1) is 11.0. The molecule has 0 aliphatic heterocycles. The van der Waals surface area contributed by atoms with Gasteiger partial charge in [0.1, 0.15) is 17.2 Å². The van der Waals surface area contributed by atoms with Gasteiger partial charge in [-0.3, -0.25) is 0 Å². The summed E-state index contributed by atoms with van der Waals surface area (Å²) >= 11 is 0. The van der Waals surface area contributed by atoms with Crippen LogP contribution in [0.2, 0.25) is 0 Å². The molecular weight excluding hydrogens is 294 g/mol. The van der Waals surface area contributed by atoms with E-state index in [0.29, 0.717) is 22.3 Å². The van der Waals surface area contributed by atoms with E-state index in [1.165, 1.54) is 24.3 Å². The standard InChI is InChI=1S/C20H16F2O/c1-14-10-11-17(13-19(14)22)20(23,15-6-3-2-4-7-15)16-8-5-9-18(21)12-16/h2-13,23H,1H3. The van der Waals surface area contributed by atoms with Crippen molar-refractivity contribution in [2.75, 3.05) is 0 Å². The quantitative estimate of drug-likeness (QED) is 0.703. The van der Waals surface area contributed by atoms with Gasteiger partial charge in [0.05, 0.1) is 0 Å². The first-order valence-corrected chi connectivity index (χ1v) is 7.32. The maximum absolute atomic E-state index is 14.0. The molecule has 0 saturated carbocycles. The van der Waals surface area contributed by atoms with E-state index in [9.17, 15) is 13.9 Å². The Labute approximate surface area is 133 Å². The minimum absolute atomic E-state index is 0.354. The maximum Gasteiger partial charge on any atom is 0.140 e. The van der Waals surface area contributed by atoms with Crippen LogP contribution in [0.1, 0.15) is 22.3 Å². The van der Waals surface area contributed by atoms with Crippen LogP contribution < -0.4 is 0 Å². The van der Waals surface area contributed by atoms with E-state index in [1.807, 2.05) is 6.07 Å². The van der Waals surface area contributed by atoms with E-state index < -0.39 is 17.2 Å². The fourth-order valence-electron chi connectivity index (χ4n) is 2.71. The van der Waals surface area contributed by atoms with Crippen molar-refractivity contribution in [1.82, 2.24) is 0 Å². The van der Waals surface area contributed by atoms with Gasteiger partial charge >= 0.3 is 0 Å². The van der Waals surface area contributed by atoms with Crippen molar-refractivity contribution in [2.24, 2.45) is 0 Å². The summed E-state index contributed by atoms with van der Waals surface area (Å²) in [5.74, 6) is -0.863. The van der Waals surface area contributed by atoms with Crippen LogP contribution in [0.15, 0.2) is 72.8 Å². The summed E-state index contributed by atoms with van der Waals surface area (Å²) in [7, 11) is 0. The summed E-state index contributed by atoms with van der Waals surface area (Å²) in [6, 6.07) is 19.2. The smallest absolute Gasteiger partial charge is 0.140 e. The van der Waals surface area contributed by atoms with Gasteiger partial charge in [0.25, 0.3) is 0 Å². The Morgan fingerprint density at radius 1 is 0.739 bits per heavy atom. The molecule has 3 aromatic carbocycles. The van der Waals surface area contributed by atoms with Gasteiger partial charge in [0, 0.05) is 0 Å². The average Bonchev–Trinajstić information content (AvgIpc) is 2.57. The molecule has 0 spiro atoms. The third kappa shape index (κ3) is 2.76. The molecule has 0 radical (unpaired) electrons. The molecular formula is C20H16F2O. The zero-order valence-electron chi connectivity index (χ0n) is 12.6. The predicted molar refractivity (Wildman–Crippen MR) is 86.1 cm³/mol. The number of benzene rings is 3. The molecule has 3 heteroatoms. The lowest BCUT2D eigenvalue weighted by atomic mass is 9.80. The molecule has 0 amide bonds. The van der Waals surface area contributed by atoms with E-state index in [1.54, 1.807) is 49.4 Å². The van der Waals surface area contributed by atoms with Crippen molar-refractivity contribution in [2.45, 2.75) is 12.5 Å². The van der Waals surface area contributed by atoms with Gasteiger partial charge in [-0.1, -0.05) is 54.6 Å². The number of aryl methyl sites for hydroxylation is 1. The molecule has 0 saturated heterocycles. The zero-order valence-corrected chi connectivity index (χ0v) is 12.6. The summed E-state index contributed by atoms with van der Waals surface area (Å²) in [5, 5.41) is 11.4. The Morgan fingerprint density at radius 3 is 2.04 bits per heavy atom. The molecule has 3 rings (SSSR count). The fourth-order valence-corrected chi connectivity index (χ4v) is 2.71. The SMILES string of the molecule is Cc1ccc(C(O)(c2ccccc2)c2cccc(F)c2)cc1F. The van der Waals surface area contributed by atoms with Gasteiger partial charge in [-0.2, -0.15) is 0 Å². The lowest BCUT2D eigenvalue weighted by Crippen LogP contribution is -2.29. The average molecular weight is 310 g/mol. The molecule has 23 heavy (non-hydrogen) atoms. The molecule has 1 N–H and O–H groups in total. The molecule has 0 heterocycles. The molecule has 1 atom stereocenters. The Hall–Kier alpha value is -2.52. The van der Waals surface area contributed by atoms with E-state index >= 15 is 0 Å². The Bertz CT molecular complexity index is 830. The number of rotatable bonds is 3. The number of hydrogen-bond acceptors (Lipinski definition) is 1. The largest absolute Gasteiger partial charge is 0.376 e. The fraction of sp³-hybridized carbons (Fsp3) is 0.100. The van der Waals surface area contributed by atoms with Crippen LogP contribution in [-0.2, 0) is 5.60 Å². The van der Waals surface area contributed by atoms with E-state index in [4.69, 9.17) is 0 Å². The molecule has 3 aromatic rings. The van der Waals surface area contributed by atoms with Crippen LogP contribution in [0.4, 0.5) is 8.78 Å². The highest BCUT2D eigenvalue weighted by Crippen LogP contribution is 2.37. The summed E-state index contributed by atoms with van der Waals surface area (Å²) in [4.78, 5) is 0.